The average molecular weight is 525 g/mol. The SMILES string of the molecule is CCOC(=O)C(=O)Nc1ccnc2c(-c3nc4cc(C(F)(F)F)ncc4n3C)c(S(=O)(=O)CC)nn12. The van der Waals surface area contributed by atoms with Crippen molar-refractivity contribution >= 4 is 44.2 Å². The number of amides is 1. The lowest BCUT2D eigenvalue weighted by molar-refractivity contribution is -0.152. The molecule has 4 heterocycles. The quantitative estimate of drug-likeness (QED) is 0.305. The molecule has 1 N–H and O–H groups in total. The third-order valence-electron chi connectivity index (χ3n) is 5.14. The van der Waals surface area contributed by atoms with Crippen LogP contribution in [-0.4, -0.2) is 61.8 Å². The fraction of sp³-hybridized carbons (Fsp3) is 0.300. The minimum absolute atomic E-state index is 0.0412. The Balaban J connectivity index is 1.97. The molecule has 4 aromatic heterocycles. The summed E-state index contributed by atoms with van der Waals surface area (Å²) in [4.78, 5) is 35.7. The number of fused-ring (bicyclic) bond motifs is 2. The number of ether oxygens (including phenoxy) is 1. The second kappa shape index (κ2) is 8.85. The molecule has 0 saturated heterocycles. The number of sulfone groups is 1. The van der Waals surface area contributed by atoms with Gasteiger partial charge in [0.25, 0.3) is 0 Å². The molecule has 1 amide bonds. The molecule has 0 bridgehead atoms. The van der Waals surface area contributed by atoms with Crippen LogP contribution in [0.1, 0.15) is 19.5 Å². The van der Waals surface area contributed by atoms with Gasteiger partial charge < -0.3 is 14.6 Å². The van der Waals surface area contributed by atoms with E-state index in [1.165, 1.54) is 37.7 Å². The maximum Gasteiger partial charge on any atom is 0.433 e. The maximum absolute atomic E-state index is 13.2. The fourth-order valence-corrected chi connectivity index (χ4v) is 4.38. The molecule has 0 saturated carbocycles. The zero-order valence-corrected chi connectivity index (χ0v) is 19.8. The van der Waals surface area contributed by atoms with Crippen LogP contribution in [0.25, 0.3) is 28.1 Å². The summed E-state index contributed by atoms with van der Waals surface area (Å²) in [5, 5.41) is 5.93. The highest BCUT2D eigenvalue weighted by Crippen LogP contribution is 2.35. The number of hydrogen-bond acceptors (Lipinski definition) is 9. The number of esters is 1. The summed E-state index contributed by atoms with van der Waals surface area (Å²) < 4.78 is 72.4. The van der Waals surface area contributed by atoms with Crippen LogP contribution in [0.2, 0.25) is 0 Å². The molecule has 190 valence electrons. The fourth-order valence-electron chi connectivity index (χ4n) is 3.40. The summed E-state index contributed by atoms with van der Waals surface area (Å²) in [6.07, 6.45) is -2.50. The summed E-state index contributed by atoms with van der Waals surface area (Å²) in [5.74, 6) is -2.81. The molecule has 0 fully saturated rings. The van der Waals surface area contributed by atoms with E-state index in [1.54, 1.807) is 0 Å². The number of carbonyl (C=O) groups is 2. The van der Waals surface area contributed by atoms with Crippen LogP contribution in [-0.2, 0) is 37.4 Å². The summed E-state index contributed by atoms with van der Waals surface area (Å²) in [5.41, 5.74) is -1.23. The molecule has 16 heteroatoms. The van der Waals surface area contributed by atoms with Crippen molar-refractivity contribution in [1.29, 1.82) is 0 Å². The Morgan fingerprint density at radius 2 is 1.92 bits per heavy atom. The number of nitrogens with one attached hydrogen (secondary N) is 1. The molecule has 0 unspecified atom stereocenters. The van der Waals surface area contributed by atoms with Crippen LogP contribution in [0, 0.1) is 0 Å². The van der Waals surface area contributed by atoms with Crippen molar-refractivity contribution in [2.24, 2.45) is 7.05 Å². The number of anilines is 1. The minimum atomic E-state index is -4.71. The van der Waals surface area contributed by atoms with Crippen LogP contribution in [0.5, 0.6) is 0 Å². The number of imidazole rings is 1. The van der Waals surface area contributed by atoms with Crippen LogP contribution in [0.4, 0.5) is 19.0 Å². The Morgan fingerprint density at radius 3 is 2.56 bits per heavy atom. The molecule has 0 aliphatic rings. The molecule has 0 aliphatic heterocycles. The molecule has 12 nitrogen and oxygen atoms in total. The van der Waals surface area contributed by atoms with Gasteiger partial charge in [0.15, 0.2) is 20.5 Å². The lowest BCUT2D eigenvalue weighted by Crippen LogP contribution is -2.26. The molecule has 0 radical (unpaired) electrons. The van der Waals surface area contributed by atoms with E-state index in [2.05, 4.69) is 30.1 Å². The minimum Gasteiger partial charge on any atom is -0.459 e. The van der Waals surface area contributed by atoms with Crippen molar-refractivity contribution < 1.29 is 35.9 Å². The number of aryl methyl sites for hydroxylation is 1. The van der Waals surface area contributed by atoms with Crippen molar-refractivity contribution in [3.8, 4) is 11.4 Å². The Bertz CT molecular complexity index is 1630. The van der Waals surface area contributed by atoms with Gasteiger partial charge in [-0.05, 0) is 19.1 Å². The van der Waals surface area contributed by atoms with Crippen LogP contribution in [0.15, 0.2) is 29.6 Å². The number of nitrogens with zero attached hydrogens (tertiary/aromatic N) is 6. The molecule has 4 aromatic rings. The van der Waals surface area contributed by atoms with E-state index < -0.39 is 38.6 Å². The van der Waals surface area contributed by atoms with Gasteiger partial charge in [-0.3, -0.25) is 4.79 Å². The Hall–Kier alpha value is -4.08. The number of pyridine rings is 1. The lowest BCUT2D eigenvalue weighted by Gasteiger charge is -2.06. The number of carbonyl (C=O) groups excluding carboxylic acids is 2. The van der Waals surface area contributed by atoms with Crippen molar-refractivity contribution in [2.45, 2.75) is 25.0 Å². The van der Waals surface area contributed by atoms with E-state index in [4.69, 9.17) is 0 Å². The standard InChI is InChI=1S/C20H18F3N7O5S/c1-4-35-19(32)17(31)27-13-6-7-24-15-14(18(28-30(13)15)36(33,34)5-2)16-26-10-8-12(20(21,22)23)25-9-11(10)29(16)3/h6-9H,4-5H2,1-3H3,(H,27,31). The van der Waals surface area contributed by atoms with Crippen molar-refractivity contribution in [1.82, 2.24) is 29.1 Å². The monoisotopic (exact) mass is 525 g/mol. The Labute approximate surface area is 201 Å². The Morgan fingerprint density at radius 1 is 1.19 bits per heavy atom. The highest BCUT2D eigenvalue weighted by Gasteiger charge is 2.34. The van der Waals surface area contributed by atoms with E-state index in [1.807, 2.05) is 0 Å². The van der Waals surface area contributed by atoms with E-state index in [9.17, 15) is 31.2 Å². The van der Waals surface area contributed by atoms with Gasteiger partial charge >= 0.3 is 18.1 Å². The molecular formula is C20H18F3N7O5S. The number of aromatic nitrogens is 6. The third-order valence-corrected chi connectivity index (χ3v) is 6.78. The van der Waals surface area contributed by atoms with Gasteiger partial charge in [-0.25, -0.2) is 28.2 Å². The molecule has 0 spiro atoms. The van der Waals surface area contributed by atoms with Crippen LogP contribution < -0.4 is 5.32 Å². The van der Waals surface area contributed by atoms with E-state index >= 15 is 0 Å². The van der Waals surface area contributed by atoms with Gasteiger partial charge in [0.05, 0.1) is 29.6 Å². The van der Waals surface area contributed by atoms with E-state index in [0.29, 0.717) is 0 Å². The van der Waals surface area contributed by atoms with E-state index in [0.717, 1.165) is 16.8 Å². The Kier molecular flexibility index (Phi) is 6.15. The van der Waals surface area contributed by atoms with Gasteiger partial charge in [0.2, 0.25) is 0 Å². The van der Waals surface area contributed by atoms with Gasteiger partial charge in [0.1, 0.15) is 22.9 Å². The van der Waals surface area contributed by atoms with Crippen LogP contribution in [0.3, 0.4) is 0 Å². The molecular weight excluding hydrogens is 507 g/mol. The number of hydrogen-bond donors (Lipinski definition) is 1. The summed E-state index contributed by atoms with van der Waals surface area (Å²) in [6.45, 7) is 2.86. The molecule has 0 atom stereocenters. The second-order valence-electron chi connectivity index (χ2n) is 7.37. The summed E-state index contributed by atoms with van der Waals surface area (Å²) in [7, 11) is -2.55. The highest BCUT2D eigenvalue weighted by atomic mass is 32.2. The largest absolute Gasteiger partial charge is 0.459 e. The predicted octanol–water partition coefficient (Wildman–Crippen LogP) is 1.99. The first-order valence-corrected chi connectivity index (χ1v) is 12.0. The van der Waals surface area contributed by atoms with Gasteiger partial charge in [-0.1, -0.05) is 6.92 Å². The van der Waals surface area contributed by atoms with Crippen molar-refractivity contribution in [2.75, 3.05) is 17.7 Å². The first-order chi connectivity index (χ1) is 16.9. The van der Waals surface area contributed by atoms with Crippen molar-refractivity contribution in [3.63, 3.8) is 0 Å². The summed E-state index contributed by atoms with van der Waals surface area (Å²) in [6, 6.07) is 2.02. The molecule has 4 rings (SSSR count). The molecule has 0 aliphatic carbocycles. The normalized spacial score (nSPS) is 12.3. The average Bonchev–Trinajstić information content (AvgIpc) is 3.37. The first kappa shape index (κ1) is 25.0. The smallest absolute Gasteiger partial charge is 0.433 e. The summed E-state index contributed by atoms with van der Waals surface area (Å²) >= 11 is 0. The number of halogens is 3. The lowest BCUT2D eigenvalue weighted by atomic mass is 10.3. The van der Waals surface area contributed by atoms with Gasteiger partial charge in [-0.15, -0.1) is 0 Å². The zero-order valence-electron chi connectivity index (χ0n) is 19.0. The van der Waals surface area contributed by atoms with Crippen molar-refractivity contribution in [3.05, 3.63) is 30.2 Å². The molecule has 36 heavy (non-hydrogen) atoms. The maximum atomic E-state index is 13.2. The second-order valence-corrected chi connectivity index (χ2v) is 9.57. The molecule has 0 aromatic carbocycles. The van der Waals surface area contributed by atoms with Crippen LogP contribution >= 0.6 is 0 Å². The van der Waals surface area contributed by atoms with E-state index in [-0.39, 0.29) is 46.2 Å². The first-order valence-electron chi connectivity index (χ1n) is 10.4. The van der Waals surface area contributed by atoms with Gasteiger partial charge in [0, 0.05) is 13.2 Å². The van der Waals surface area contributed by atoms with Gasteiger partial charge in [-0.2, -0.15) is 22.8 Å². The highest BCUT2D eigenvalue weighted by molar-refractivity contribution is 7.91. The topological polar surface area (TPSA) is 150 Å². The number of alkyl halides is 3. The zero-order chi connectivity index (χ0) is 26.4. The third kappa shape index (κ3) is 4.23. The number of rotatable bonds is 5. The predicted molar refractivity (Wildman–Crippen MR) is 118 cm³/mol.